The van der Waals surface area contributed by atoms with Crippen LogP contribution in [0.3, 0.4) is 0 Å². The molecular formula is C9H8N2OS. The monoisotopic (exact) mass is 192 g/mol. The fraction of sp³-hybridized carbons (Fsp3) is 0.111. The minimum absolute atomic E-state index is 0.152. The Balaban J connectivity index is 2.53. The summed E-state index contributed by atoms with van der Waals surface area (Å²) in [7, 11) is 1.78. The Kier molecular flexibility index (Phi) is 1.98. The van der Waals surface area contributed by atoms with Gasteiger partial charge in [0.1, 0.15) is 5.19 Å². The lowest BCUT2D eigenvalue weighted by atomic mass is 10.2. The molecule has 0 spiro atoms. The van der Waals surface area contributed by atoms with Gasteiger partial charge in [0, 0.05) is 0 Å². The van der Waals surface area contributed by atoms with E-state index in [-0.39, 0.29) is 5.19 Å². The van der Waals surface area contributed by atoms with Gasteiger partial charge in [-0.25, -0.2) is 0 Å². The highest BCUT2D eigenvalue weighted by atomic mass is 32.1. The van der Waals surface area contributed by atoms with E-state index in [1.807, 2.05) is 30.3 Å². The Bertz CT molecular complexity index is 411. The molecule has 1 aromatic carbocycles. The molecule has 1 heterocycles. The smallest absolute Gasteiger partial charge is 0.295 e. The van der Waals surface area contributed by atoms with Gasteiger partial charge in [0.15, 0.2) is 7.05 Å². The van der Waals surface area contributed by atoms with E-state index >= 15 is 0 Å². The number of nitrogens with zero attached hydrogens (tertiary/aromatic N) is 2. The third kappa shape index (κ3) is 1.53. The van der Waals surface area contributed by atoms with Crippen LogP contribution < -0.4 is 9.79 Å². The predicted octanol–water partition coefficient (Wildman–Crippen LogP) is 0.708. The van der Waals surface area contributed by atoms with Crippen molar-refractivity contribution in [3.05, 3.63) is 30.3 Å². The molecule has 0 bridgehead atoms. The van der Waals surface area contributed by atoms with Gasteiger partial charge in [-0.05, 0) is 17.2 Å². The van der Waals surface area contributed by atoms with Gasteiger partial charge in [0.2, 0.25) is 0 Å². The molecule has 4 heteroatoms. The Morgan fingerprint density at radius 2 is 2.00 bits per heavy atom. The van der Waals surface area contributed by atoms with Crippen molar-refractivity contribution < 1.29 is 9.79 Å². The molecule has 0 aliphatic heterocycles. The molecule has 0 fully saturated rings. The molecule has 0 aliphatic rings. The van der Waals surface area contributed by atoms with Crippen molar-refractivity contribution >= 4 is 11.3 Å². The highest BCUT2D eigenvalue weighted by Crippen LogP contribution is 2.22. The van der Waals surface area contributed by atoms with Gasteiger partial charge in [-0.3, -0.25) is 0 Å². The summed E-state index contributed by atoms with van der Waals surface area (Å²) in [5, 5.41) is 15.5. The Morgan fingerprint density at radius 3 is 2.54 bits per heavy atom. The maximum absolute atomic E-state index is 11.0. The minimum Gasteiger partial charge on any atom is -0.847 e. The fourth-order valence-electron chi connectivity index (χ4n) is 1.16. The first-order valence-electron chi connectivity index (χ1n) is 3.87. The molecule has 2 rings (SSSR count). The van der Waals surface area contributed by atoms with Gasteiger partial charge >= 0.3 is 0 Å². The van der Waals surface area contributed by atoms with E-state index < -0.39 is 0 Å². The van der Waals surface area contributed by atoms with Crippen LogP contribution in [0.5, 0.6) is 5.19 Å². The molecule has 13 heavy (non-hydrogen) atoms. The second-order valence-electron chi connectivity index (χ2n) is 2.66. The average Bonchev–Trinajstić information content (AvgIpc) is 2.47. The van der Waals surface area contributed by atoms with Gasteiger partial charge in [0.05, 0.1) is 5.56 Å². The van der Waals surface area contributed by atoms with E-state index in [1.54, 1.807) is 11.7 Å². The lowest BCUT2D eigenvalue weighted by molar-refractivity contribution is -0.718. The molecule has 0 N–H and O–H groups in total. The Morgan fingerprint density at radius 1 is 1.31 bits per heavy atom. The van der Waals surface area contributed by atoms with Crippen molar-refractivity contribution in [1.82, 2.24) is 5.10 Å². The van der Waals surface area contributed by atoms with Crippen molar-refractivity contribution in [2.75, 3.05) is 0 Å². The summed E-state index contributed by atoms with van der Waals surface area (Å²) in [6.45, 7) is 0. The second-order valence-corrected chi connectivity index (χ2v) is 3.60. The highest BCUT2D eigenvalue weighted by molar-refractivity contribution is 7.15. The summed E-state index contributed by atoms with van der Waals surface area (Å²) in [6, 6.07) is 9.77. The number of benzene rings is 1. The standard InChI is InChI=1S/C9H8N2OS/c1-11-8(13-9(12)10-11)7-5-3-2-4-6-7/h2-6H,1H3. The Hall–Kier alpha value is -1.42. The molecule has 3 nitrogen and oxygen atoms in total. The molecule has 0 atom stereocenters. The van der Waals surface area contributed by atoms with Crippen LogP contribution in [0.1, 0.15) is 0 Å². The average molecular weight is 192 g/mol. The molecule has 66 valence electrons. The van der Waals surface area contributed by atoms with Crippen molar-refractivity contribution in [1.29, 1.82) is 0 Å². The SMILES string of the molecule is C[n+]1nc([O-])sc1-c1ccccc1. The van der Waals surface area contributed by atoms with Crippen LogP contribution in [0.4, 0.5) is 0 Å². The zero-order chi connectivity index (χ0) is 9.26. The fourth-order valence-corrected chi connectivity index (χ4v) is 1.92. The molecule has 0 amide bonds. The summed E-state index contributed by atoms with van der Waals surface area (Å²) < 4.78 is 1.61. The third-order valence-electron chi connectivity index (χ3n) is 1.73. The first kappa shape index (κ1) is 8.19. The summed E-state index contributed by atoms with van der Waals surface area (Å²) in [4.78, 5) is 0. The van der Waals surface area contributed by atoms with Crippen LogP contribution in [0.25, 0.3) is 10.6 Å². The van der Waals surface area contributed by atoms with Gasteiger partial charge in [-0.15, -0.1) is 0 Å². The van der Waals surface area contributed by atoms with Crippen molar-refractivity contribution in [2.24, 2.45) is 7.05 Å². The van der Waals surface area contributed by atoms with Crippen LogP contribution >= 0.6 is 11.3 Å². The number of hydrogen-bond donors (Lipinski definition) is 0. The van der Waals surface area contributed by atoms with E-state index in [0.717, 1.165) is 21.9 Å². The topological polar surface area (TPSA) is 39.8 Å². The zero-order valence-corrected chi connectivity index (χ0v) is 7.91. The summed E-state index contributed by atoms with van der Waals surface area (Å²) in [6.07, 6.45) is 0. The zero-order valence-electron chi connectivity index (χ0n) is 7.10. The summed E-state index contributed by atoms with van der Waals surface area (Å²) in [5.41, 5.74) is 1.03. The maximum Gasteiger partial charge on any atom is 0.295 e. The lowest BCUT2D eigenvalue weighted by Gasteiger charge is -1.89. The van der Waals surface area contributed by atoms with E-state index in [1.165, 1.54) is 0 Å². The van der Waals surface area contributed by atoms with Crippen LogP contribution in [0, 0.1) is 0 Å². The number of hydrogen-bond acceptors (Lipinski definition) is 3. The Labute approximate surface area is 79.9 Å². The lowest BCUT2D eigenvalue weighted by Crippen LogP contribution is -2.31. The molecule has 2 aromatic rings. The summed E-state index contributed by atoms with van der Waals surface area (Å²) in [5.74, 6) is 0. The van der Waals surface area contributed by atoms with Crippen LogP contribution in [-0.2, 0) is 7.05 Å². The van der Waals surface area contributed by atoms with E-state index in [0.29, 0.717) is 0 Å². The molecule has 0 aliphatic carbocycles. The number of rotatable bonds is 1. The first-order valence-corrected chi connectivity index (χ1v) is 4.68. The molecule has 1 aromatic heterocycles. The molecule has 0 radical (unpaired) electrons. The van der Waals surface area contributed by atoms with E-state index in [2.05, 4.69) is 5.10 Å². The van der Waals surface area contributed by atoms with Crippen molar-refractivity contribution in [2.45, 2.75) is 0 Å². The predicted molar refractivity (Wildman–Crippen MR) is 48.2 cm³/mol. The maximum atomic E-state index is 11.0. The quantitative estimate of drug-likeness (QED) is 0.624. The van der Waals surface area contributed by atoms with Gasteiger partial charge in [-0.1, -0.05) is 34.2 Å². The van der Waals surface area contributed by atoms with Crippen LogP contribution in [-0.4, -0.2) is 5.10 Å². The third-order valence-corrected chi connectivity index (χ3v) is 2.68. The second kappa shape index (κ2) is 3.14. The number of aryl methyl sites for hydroxylation is 1. The number of aromatic nitrogens is 2. The van der Waals surface area contributed by atoms with E-state index in [4.69, 9.17) is 0 Å². The van der Waals surface area contributed by atoms with Gasteiger partial charge in [-0.2, -0.15) is 0 Å². The van der Waals surface area contributed by atoms with Gasteiger partial charge < -0.3 is 5.11 Å². The molecule has 0 unspecified atom stereocenters. The van der Waals surface area contributed by atoms with E-state index in [9.17, 15) is 5.11 Å². The summed E-state index contributed by atoms with van der Waals surface area (Å²) >= 11 is 1.16. The minimum atomic E-state index is -0.152. The molecular weight excluding hydrogens is 184 g/mol. The van der Waals surface area contributed by atoms with Crippen molar-refractivity contribution in [3.8, 4) is 15.8 Å². The normalized spacial score (nSPS) is 10.2. The van der Waals surface area contributed by atoms with Crippen molar-refractivity contribution in [3.63, 3.8) is 0 Å². The largest absolute Gasteiger partial charge is 0.847 e. The van der Waals surface area contributed by atoms with Crippen LogP contribution in [0.2, 0.25) is 0 Å². The highest BCUT2D eigenvalue weighted by Gasteiger charge is 2.12. The first-order chi connectivity index (χ1) is 6.27. The molecule has 0 saturated carbocycles. The molecule has 0 saturated heterocycles. The van der Waals surface area contributed by atoms with Crippen LogP contribution in [0.15, 0.2) is 30.3 Å². The van der Waals surface area contributed by atoms with Gasteiger partial charge in [0.25, 0.3) is 5.01 Å².